The van der Waals surface area contributed by atoms with E-state index < -0.39 is 12.8 Å². The Morgan fingerprint density at radius 3 is 2.61 bits per heavy atom. The lowest BCUT2D eigenvalue weighted by atomic mass is 10.0. The molecule has 152 valence electrons. The molecule has 3 rings (SSSR count). The molecule has 0 fully saturated rings. The van der Waals surface area contributed by atoms with Crippen LogP contribution in [-0.2, 0) is 12.8 Å². The highest BCUT2D eigenvalue weighted by Crippen LogP contribution is 2.28. The summed E-state index contributed by atoms with van der Waals surface area (Å²) in [4.78, 5) is 0. The third kappa shape index (κ3) is 6.05. The van der Waals surface area contributed by atoms with Crippen LogP contribution in [0, 0.1) is 0 Å². The fourth-order valence-electron chi connectivity index (χ4n) is 3.23. The van der Waals surface area contributed by atoms with Gasteiger partial charge in [0, 0.05) is 24.8 Å². The van der Waals surface area contributed by atoms with E-state index in [1.165, 1.54) is 22.9 Å². The number of alkyl halides is 3. The Balaban J connectivity index is 1.42. The van der Waals surface area contributed by atoms with Crippen molar-refractivity contribution >= 4 is 5.69 Å². The average molecular weight is 394 g/mol. The first-order valence-electron chi connectivity index (χ1n) is 9.41. The summed E-state index contributed by atoms with van der Waals surface area (Å²) in [5.74, 6) is 0.409. The van der Waals surface area contributed by atoms with Crippen LogP contribution in [0.4, 0.5) is 18.9 Å². The Hall–Kier alpha value is -2.41. The molecule has 1 atom stereocenters. The summed E-state index contributed by atoms with van der Waals surface area (Å²) < 4.78 is 47.4. The molecule has 7 heteroatoms. The van der Waals surface area contributed by atoms with Gasteiger partial charge in [0.15, 0.2) is 18.1 Å². The van der Waals surface area contributed by atoms with Gasteiger partial charge in [-0.1, -0.05) is 24.3 Å². The monoisotopic (exact) mass is 394 g/mol. The zero-order valence-electron chi connectivity index (χ0n) is 15.8. The Bertz CT molecular complexity index is 780. The van der Waals surface area contributed by atoms with Crippen LogP contribution >= 0.6 is 0 Å². The summed E-state index contributed by atoms with van der Waals surface area (Å²) in [7, 11) is 0. The highest BCUT2D eigenvalue weighted by molar-refractivity contribution is 5.56. The number of fused-ring (bicyclic) bond motifs is 1. The first-order valence-corrected chi connectivity index (χ1v) is 9.41. The normalized spacial score (nSPS) is 14.3. The molecule has 2 aromatic carbocycles. The van der Waals surface area contributed by atoms with Crippen LogP contribution in [0.5, 0.6) is 11.5 Å². The molecule has 1 aliphatic heterocycles. The van der Waals surface area contributed by atoms with Crippen molar-refractivity contribution in [1.29, 1.82) is 0 Å². The molecule has 0 saturated heterocycles. The number of ether oxygens (including phenoxy) is 2. The van der Waals surface area contributed by atoms with Crippen LogP contribution < -0.4 is 20.1 Å². The highest BCUT2D eigenvalue weighted by atomic mass is 19.4. The maximum Gasteiger partial charge on any atom is 0.422 e. The predicted octanol–water partition coefficient (Wildman–Crippen LogP) is 4.20. The SMILES string of the molecule is C[C@H](Cc1ccc2c(c1)CCN2)NCCOc1ccccc1OCC(F)(F)F. The van der Waals surface area contributed by atoms with Crippen molar-refractivity contribution in [3.8, 4) is 11.5 Å². The Labute approximate surface area is 163 Å². The number of hydrogen-bond donors (Lipinski definition) is 2. The van der Waals surface area contributed by atoms with E-state index in [4.69, 9.17) is 9.47 Å². The smallest absolute Gasteiger partial charge is 0.422 e. The molecule has 2 N–H and O–H groups in total. The molecule has 2 aromatic rings. The molecule has 0 aliphatic carbocycles. The summed E-state index contributed by atoms with van der Waals surface area (Å²) in [6.45, 7) is 2.69. The van der Waals surface area contributed by atoms with E-state index in [0.29, 0.717) is 18.9 Å². The van der Waals surface area contributed by atoms with Crippen LogP contribution in [0.15, 0.2) is 42.5 Å². The van der Waals surface area contributed by atoms with Crippen molar-refractivity contribution in [1.82, 2.24) is 5.32 Å². The van der Waals surface area contributed by atoms with Gasteiger partial charge >= 0.3 is 6.18 Å². The van der Waals surface area contributed by atoms with Crippen molar-refractivity contribution in [2.24, 2.45) is 0 Å². The van der Waals surface area contributed by atoms with Gasteiger partial charge in [-0.3, -0.25) is 0 Å². The van der Waals surface area contributed by atoms with Crippen LogP contribution in [0.2, 0.25) is 0 Å². The fraction of sp³-hybridized carbons (Fsp3) is 0.429. The fourth-order valence-corrected chi connectivity index (χ4v) is 3.23. The van der Waals surface area contributed by atoms with Crippen LogP contribution in [0.1, 0.15) is 18.1 Å². The summed E-state index contributed by atoms with van der Waals surface area (Å²) in [6, 6.07) is 13.2. The van der Waals surface area contributed by atoms with Crippen molar-refractivity contribution in [3.63, 3.8) is 0 Å². The van der Waals surface area contributed by atoms with E-state index in [9.17, 15) is 13.2 Å². The van der Waals surface area contributed by atoms with E-state index in [1.54, 1.807) is 18.2 Å². The Morgan fingerprint density at radius 1 is 1.11 bits per heavy atom. The molecule has 0 aromatic heterocycles. The van der Waals surface area contributed by atoms with Gasteiger partial charge in [0.2, 0.25) is 0 Å². The van der Waals surface area contributed by atoms with Crippen molar-refractivity contribution in [2.75, 3.05) is 31.6 Å². The number of hydrogen-bond acceptors (Lipinski definition) is 4. The molecule has 4 nitrogen and oxygen atoms in total. The van der Waals surface area contributed by atoms with E-state index >= 15 is 0 Å². The second-order valence-electron chi connectivity index (χ2n) is 6.93. The predicted molar refractivity (Wildman–Crippen MR) is 103 cm³/mol. The van der Waals surface area contributed by atoms with Gasteiger partial charge in [-0.25, -0.2) is 0 Å². The third-order valence-electron chi connectivity index (χ3n) is 4.51. The second kappa shape index (κ2) is 9.19. The molecule has 28 heavy (non-hydrogen) atoms. The van der Waals surface area contributed by atoms with Gasteiger partial charge in [0.05, 0.1) is 0 Å². The number of benzene rings is 2. The quantitative estimate of drug-likeness (QED) is 0.626. The van der Waals surface area contributed by atoms with Gasteiger partial charge in [-0.2, -0.15) is 13.2 Å². The Morgan fingerprint density at radius 2 is 1.86 bits per heavy atom. The molecule has 1 heterocycles. The van der Waals surface area contributed by atoms with Crippen molar-refractivity contribution in [3.05, 3.63) is 53.6 Å². The summed E-state index contributed by atoms with van der Waals surface area (Å²) in [6.07, 6.45) is -2.41. The summed E-state index contributed by atoms with van der Waals surface area (Å²) >= 11 is 0. The lowest BCUT2D eigenvalue weighted by molar-refractivity contribution is -0.153. The van der Waals surface area contributed by atoms with Crippen LogP contribution in [0.3, 0.4) is 0 Å². The largest absolute Gasteiger partial charge is 0.488 e. The minimum atomic E-state index is -4.38. The Kier molecular flexibility index (Phi) is 6.67. The number of rotatable bonds is 9. The van der Waals surface area contributed by atoms with Gasteiger partial charge in [-0.05, 0) is 49.1 Å². The van der Waals surface area contributed by atoms with Gasteiger partial charge in [-0.15, -0.1) is 0 Å². The molecule has 1 aliphatic rings. The van der Waals surface area contributed by atoms with E-state index in [2.05, 4.69) is 35.8 Å². The molecule has 0 bridgehead atoms. The molecule has 0 radical (unpaired) electrons. The lowest BCUT2D eigenvalue weighted by Crippen LogP contribution is -2.31. The molecule has 0 unspecified atom stereocenters. The average Bonchev–Trinajstić information content (AvgIpc) is 3.11. The zero-order chi connectivity index (χ0) is 20.0. The van der Waals surface area contributed by atoms with Gasteiger partial charge in [0.25, 0.3) is 0 Å². The minimum absolute atomic E-state index is 0.0969. The molecule has 0 saturated carbocycles. The van der Waals surface area contributed by atoms with Gasteiger partial charge in [0.1, 0.15) is 6.61 Å². The topological polar surface area (TPSA) is 42.5 Å². The summed E-state index contributed by atoms with van der Waals surface area (Å²) in [5, 5.41) is 6.74. The maximum absolute atomic E-state index is 12.3. The van der Waals surface area contributed by atoms with Crippen LogP contribution in [0.25, 0.3) is 0 Å². The van der Waals surface area contributed by atoms with E-state index in [1.807, 2.05) is 0 Å². The first-order chi connectivity index (χ1) is 13.4. The number of nitrogens with one attached hydrogen (secondary N) is 2. The second-order valence-corrected chi connectivity index (χ2v) is 6.93. The summed E-state index contributed by atoms with van der Waals surface area (Å²) in [5.41, 5.74) is 3.88. The number of anilines is 1. The minimum Gasteiger partial charge on any atom is -0.488 e. The molecular weight excluding hydrogens is 369 g/mol. The first kappa shape index (κ1) is 20.3. The lowest BCUT2D eigenvalue weighted by Gasteiger charge is -2.16. The number of para-hydroxylation sites is 2. The molecule has 0 amide bonds. The zero-order valence-corrected chi connectivity index (χ0v) is 15.8. The van der Waals surface area contributed by atoms with E-state index in [0.717, 1.165) is 19.4 Å². The molecule has 0 spiro atoms. The number of halogens is 3. The van der Waals surface area contributed by atoms with E-state index in [-0.39, 0.29) is 11.8 Å². The van der Waals surface area contributed by atoms with Gasteiger partial charge < -0.3 is 20.1 Å². The standard InChI is InChI=1S/C21H25F3N2O2/c1-15(12-16-6-7-18-17(13-16)8-9-26-18)25-10-11-27-19-4-2-3-5-20(19)28-14-21(22,23)24/h2-7,13,15,25-26H,8-12,14H2,1H3/t15-/m1/s1. The molecular formula is C21H25F3N2O2. The maximum atomic E-state index is 12.3. The van der Waals surface area contributed by atoms with Crippen LogP contribution in [-0.4, -0.2) is 38.5 Å². The third-order valence-corrected chi connectivity index (χ3v) is 4.51. The highest BCUT2D eigenvalue weighted by Gasteiger charge is 2.28. The van der Waals surface area contributed by atoms with Crippen molar-refractivity contribution in [2.45, 2.75) is 32.0 Å². The van der Waals surface area contributed by atoms with Crippen molar-refractivity contribution < 1.29 is 22.6 Å².